The van der Waals surface area contributed by atoms with Crippen molar-refractivity contribution in [2.24, 2.45) is 7.05 Å². The molecule has 0 aromatic carbocycles. The number of anilines is 1. The van der Waals surface area contributed by atoms with Crippen LogP contribution in [0, 0.1) is 0 Å². The molecule has 8 heteroatoms. The van der Waals surface area contributed by atoms with Crippen molar-refractivity contribution in [1.29, 1.82) is 0 Å². The zero-order valence-corrected chi connectivity index (χ0v) is 14.1. The summed E-state index contributed by atoms with van der Waals surface area (Å²) < 4.78 is 1.93. The molecule has 0 spiro atoms. The molecule has 0 aliphatic carbocycles. The SMILES string of the molecule is CC(Sc1nccn1C)C(=O)N1CCN(c2ncccn2)CC1. The maximum absolute atomic E-state index is 12.6. The Morgan fingerprint density at radius 1 is 1.13 bits per heavy atom. The number of piperazine rings is 1. The van der Waals surface area contributed by atoms with E-state index < -0.39 is 0 Å². The van der Waals surface area contributed by atoms with Crippen LogP contribution in [-0.2, 0) is 11.8 Å². The van der Waals surface area contributed by atoms with Gasteiger partial charge in [0.05, 0.1) is 5.25 Å². The summed E-state index contributed by atoms with van der Waals surface area (Å²) in [5.41, 5.74) is 0. The van der Waals surface area contributed by atoms with Gasteiger partial charge >= 0.3 is 0 Å². The standard InChI is InChI=1S/C15H20N6OS/c1-12(23-15-18-6-7-19(15)2)13(22)20-8-10-21(11-9-20)14-16-4-3-5-17-14/h3-7,12H,8-11H2,1-2H3. The molecule has 0 saturated carbocycles. The van der Waals surface area contributed by atoms with E-state index in [2.05, 4.69) is 19.9 Å². The van der Waals surface area contributed by atoms with Gasteiger partial charge in [-0.2, -0.15) is 0 Å². The molecule has 3 heterocycles. The zero-order chi connectivity index (χ0) is 16.2. The van der Waals surface area contributed by atoms with Crippen molar-refractivity contribution >= 4 is 23.6 Å². The van der Waals surface area contributed by atoms with Crippen molar-refractivity contribution in [3.8, 4) is 0 Å². The van der Waals surface area contributed by atoms with Crippen LogP contribution >= 0.6 is 11.8 Å². The average Bonchev–Trinajstić information content (AvgIpc) is 3.00. The summed E-state index contributed by atoms with van der Waals surface area (Å²) in [6.07, 6.45) is 7.12. The summed E-state index contributed by atoms with van der Waals surface area (Å²) >= 11 is 1.50. The van der Waals surface area contributed by atoms with Crippen LogP contribution in [0.5, 0.6) is 0 Å². The number of amides is 1. The fourth-order valence-corrected chi connectivity index (χ4v) is 3.43. The van der Waals surface area contributed by atoms with Crippen molar-refractivity contribution in [3.05, 3.63) is 30.9 Å². The molecule has 1 amide bonds. The highest BCUT2D eigenvalue weighted by atomic mass is 32.2. The molecule has 23 heavy (non-hydrogen) atoms. The molecule has 0 radical (unpaired) electrons. The summed E-state index contributed by atoms with van der Waals surface area (Å²) in [6.45, 7) is 4.85. The summed E-state index contributed by atoms with van der Waals surface area (Å²) in [7, 11) is 1.94. The van der Waals surface area contributed by atoms with Crippen LogP contribution in [0.3, 0.4) is 0 Å². The van der Waals surface area contributed by atoms with Crippen molar-refractivity contribution in [1.82, 2.24) is 24.4 Å². The molecule has 122 valence electrons. The second-order valence-electron chi connectivity index (χ2n) is 5.44. The van der Waals surface area contributed by atoms with Crippen LogP contribution in [0.2, 0.25) is 0 Å². The minimum Gasteiger partial charge on any atom is -0.338 e. The topological polar surface area (TPSA) is 67.2 Å². The molecule has 0 N–H and O–H groups in total. The predicted octanol–water partition coefficient (Wildman–Crippen LogP) is 1.04. The molecule has 1 aliphatic rings. The molecule has 1 unspecified atom stereocenters. The van der Waals surface area contributed by atoms with E-state index in [4.69, 9.17) is 0 Å². The smallest absolute Gasteiger partial charge is 0.236 e. The number of rotatable bonds is 4. The number of nitrogens with zero attached hydrogens (tertiary/aromatic N) is 6. The first-order valence-electron chi connectivity index (χ1n) is 7.60. The van der Waals surface area contributed by atoms with Gasteiger partial charge in [-0.1, -0.05) is 11.8 Å². The van der Waals surface area contributed by atoms with Gasteiger partial charge in [0.2, 0.25) is 11.9 Å². The molecular formula is C15H20N6OS. The van der Waals surface area contributed by atoms with E-state index in [0.29, 0.717) is 13.1 Å². The van der Waals surface area contributed by atoms with Crippen molar-refractivity contribution < 1.29 is 4.79 Å². The Hall–Kier alpha value is -2.09. The Morgan fingerprint density at radius 3 is 2.43 bits per heavy atom. The Kier molecular flexibility index (Phi) is 4.80. The highest BCUT2D eigenvalue weighted by Crippen LogP contribution is 2.23. The first-order valence-corrected chi connectivity index (χ1v) is 8.48. The highest BCUT2D eigenvalue weighted by molar-refractivity contribution is 8.00. The number of imidazole rings is 1. The van der Waals surface area contributed by atoms with Gasteiger partial charge in [0.25, 0.3) is 0 Å². The van der Waals surface area contributed by atoms with E-state index in [1.165, 1.54) is 11.8 Å². The minimum absolute atomic E-state index is 0.143. The molecule has 1 atom stereocenters. The van der Waals surface area contributed by atoms with Gasteiger partial charge in [0.15, 0.2) is 5.16 Å². The van der Waals surface area contributed by atoms with Gasteiger partial charge in [-0.05, 0) is 13.0 Å². The molecule has 1 saturated heterocycles. The number of carbonyl (C=O) groups excluding carboxylic acids is 1. The van der Waals surface area contributed by atoms with E-state index in [1.807, 2.05) is 29.6 Å². The summed E-state index contributed by atoms with van der Waals surface area (Å²) in [4.78, 5) is 29.4. The quantitative estimate of drug-likeness (QED) is 0.780. The number of aryl methyl sites for hydroxylation is 1. The van der Waals surface area contributed by atoms with Gasteiger partial charge in [-0.3, -0.25) is 4.79 Å². The fraction of sp³-hybridized carbons (Fsp3) is 0.467. The lowest BCUT2D eigenvalue weighted by atomic mass is 10.3. The lowest BCUT2D eigenvalue weighted by Gasteiger charge is -2.35. The third-order valence-electron chi connectivity index (χ3n) is 3.83. The molecular weight excluding hydrogens is 312 g/mol. The Morgan fingerprint density at radius 2 is 1.83 bits per heavy atom. The third-order valence-corrected chi connectivity index (χ3v) is 4.99. The van der Waals surface area contributed by atoms with Crippen LogP contribution < -0.4 is 4.90 Å². The van der Waals surface area contributed by atoms with Crippen LogP contribution in [0.15, 0.2) is 36.0 Å². The molecule has 1 aliphatic heterocycles. The summed E-state index contributed by atoms with van der Waals surface area (Å²) in [6, 6.07) is 1.81. The fourth-order valence-electron chi connectivity index (χ4n) is 2.51. The number of carbonyl (C=O) groups is 1. The van der Waals surface area contributed by atoms with Crippen molar-refractivity contribution in [2.75, 3.05) is 31.1 Å². The second kappa shape index (κ2) is 6.99. The minimum atomic E-state index is -0.143. The number of thioether (sulfide) groups is 1. The van der Waals surface area contributed by atoms with E-state index in [9.17, 15) is 4.79 Å². The normalized spacial score (nSPS) is 16.4. The first kappa shape index (κ1) is 15.8. The van der Waals surface area contributed by atoms with Crippen LogP contribution in [0.1, 0.15) is 6.92 Å². The van der Waals surface area contributed by atoms with E-state index >= 15 is 0 Å². The monoisotopic (exact) mass is 332 g/mol. The molecule has 3 rings (SSSR count). The van der Waals surface area contributed by atoms with Gasteiger partial charge in [-0.25, -0.2) is 15.0 Å². The molecule has 2 aromatic rings. The largest absolute Gasteiger partial charge is 0.338 e. The Balaban J connectivity index is 1.55. The second-order valence-corrected chi connectivity index (χ2v) is 6.75. The predicted molar refractivity (Wildman–Crippen MR) is 89.4 cm³/mol. The highest BCUT2D eigenvalue weighted by Gasteiger charge is 2.27. The van der Waals surface area contributed by atoms with Gasteiger partial charge in [0.1, 0.15) is 0 Å². The maximum Gasteiger partial charge on any atom is 0.236 e. The molecule has 1 fully saturated rings. The van der Waals surface area contributed by atoms with Gasteiger partial charge < -0.3 is 14.4 Å². The molecule has 7 nitrogen and oxygen atoms in total. The lowest BCUT2D eigenvalue weighted by molar-refractivity contribution is -0.130. The third kappa shape index (κ3) is 3.64. The summed E-state index contributed by atoms with van der Waals surface area (Å²) in [5.74, 6) is 0.890. The van der Waals surface area contributed by atoms with Gasteiger partial charge in [-0.15, -0.1) is 0 Å². The first-order chi connectivity index (χ1) is 11.1. The van der Waals surface area contributed by atoms with Gasteiger partial charge in [0, 0.05) is 58.0 Å². The zero-order valence-electron chi connectivity index (χ0n) is 13.3. The van der Waals surface area contributed by atoms with Crippen LogP contribution in [-0.4, -0.2) is 61.8 Å². The number of hydrogen-bond acceptors (Lipinski definition) is 6. The van der Waals surface area contributed by atoms with Crippen molar-refractivity contribution in [2.45, 2.75) is 17.3 Å². The molecule has 0 bridgehead atoms. The molecule has 2 aromatic heterocycles. The number of hydrogen-bond donors (Lipinski definition) is 0. The van der Waals surface area contributed by atoms with Crippen molar-refractivity contribution in [3.63, 3.8) is 0 Å². The van der Waals surface area contributed by atoms with E-state index in [-0.39, 0.29) is 11.2 Å². The lowest BCUT2D eigenvalue weighted by Crippen LogP contribution is -2.51. The van der Waals surface area contributed by atoms with Crippen LogP contribution in [0.25, 0.3) is 0 Å². The van der Waals surface area contributed by atoms with E-state index in [1.54, 1.807) is 24.7 Å². The Bertz CT molecular complexity index is 653. The summed E-state index contributed by atoms with van der Waals surface area (Å²) in [5, 5.41) is 0.720. The van der Waals surface area contributed by atoms with E-state index in [0.717, 1.165) is 24.2 Å². The van der Waals surface area contributed by atoms with Crippen LogP contribution in [0.4, 0.5) is 5.95 Å². The Labute approximate surface area is 139 Å². The maximum atomic E-state index is 12.6. The number of aromatic nitrogens is 4. The average molecular weight is 332 g/mol.